The number of ether oxygens (including phenoxy) is 1. The van der Waals surface area contributed by atoms with E-state index in [1.165, 1.54) is 12.1 Å². The molecule has 0 amide bonds. The second kappa shape index (κ2) is 3.53. The molecule has 0 bridgehead atoms. The third-order valence-corrected chi connectivity index (χ3v) is 2.27. The Kier molecular flexibility index (Phi) is 2.37. The van der Waals surface area contributed by atoms with Crippen molar-refractivity contribution in [3.63, 3.8) is 0 Å². The van der Waals surface area contributed by atoms with Crippen molar-refractivity contribution < 1.29 is 13.5 Å². The largest absolute Gasteiger partial charge is 0.492 e. The molecule has 0 radical (unpaired) electrons. The molecule has 1 aliphatic heterocycles. The summed E-state index contributed by atoms with van der Waals surface area (Å²) in [5.41, 5.74) is 6.47. The third kappa shape index (κ3) is 1.70. The van der Waals surface area contributed by atoms with Gasteiger partial charge in [0.2, 0.25) is 0 Å². The van der Waals surface area contributed by atoms with Gasteiger partial charge in [0.15, 0.2) is 0 Å². The van der Waals surface area contributed by atoms with Gasteiger partial charge in [0, 0.05) is 11.6 Å². The van der Waals surface area contributed by atoms with E-state index in [1.807, 2.05) is 0 Å². The van der Waals surface area contributed by atoms with E-state index in [0.717, 1.165) is 5.56 Å². The average Bonchev–Trinajstić information content (AvgIpc) is 2.16. The molecule has 1 aliphatic rings. The molecule has 4 heteroatoms. The fourth-order valence-electron chi connectivity index (χ4n) is 1.57. The Bertz CT molecular complexity index is 341. The van der Waals surface area contributed by atoms with E-state index in [4.69, 9.17) is 10.5 Å². The Morgan fingerprint density at radius 1 is 1.43 bits per heavy atom. The van der Waals surface area contributed by atoms with E-state index in [0.29, 0.717) is 18.8 Å². The molecule has 0 saturated carbocycles. The molecular weight excluding hydrogens is 188 g/mol. The zero-order valence-corrected chi connectivity index (χ0v) is 7.54. The van der Waals surface area contributed by atoms with Gasteiger partial charge in [-0.3, -0.25) is 0 Å². The number of fused-ring (bicyclic) bond motifs is 1. The van der Waals surface area contributed by atoms with Crippen LogP contribution >= 0.6 is 0 Å². The van der Waals surface area contributed by atoms with Crippen LogP contribution in [-0.2, 0) is 6.42 Å². The molecular formula is C10H11F2NO. The zero-order valence-electron chi connectivity index (χ0n) is 7.54. The van der Waals surface area contributed by atoms with Crippen LogP contribution in [0.2, 0.25) is 0 Å². The summed E-state index contributed by atoms with van der Waals surface area (Å²) in [6.07, 6.45) is -1.82. The van der Waals surface area contributed by atoms with Crippen molar-refractivity contribution in [2.24, 2.45) is 5.73 Å². The molecule has 14 heavy (non-hydrogen) atoms. The molecule has 1 atom stereocenters. The quantitative estimate of drug-likeness (QED) is 0.749. The summed E-state index contributed by atoms with van der Waals surface area (Å²) < 4.78 is 30.0. The van der Waals surface area contributed by atoms with Gasteiger partial charge in [-0.1, -0.05) is 0 Å². The van der Waals surface area contributed by atoms with Crippen LogP contribution < -0.4 is 10.5 Å². The van der Waals surface area contributed by atoms with Gasteiger partial charge in [-0.05, 0) is 30.2 Å². The summed E-state index contributed by atoms with van der Waals surface area (Å²) in [7, 11) is 0. The molecule has 1 heterocycles. The van der Waals surface area contributed by atoms with Crippen molar-refractivity contribution in [2.75, 3.05) is 6.61 Å². The molecule has 2 N–H and O–H groups in total. The summed E-state index contributed by atoms with van der Waals surface area (Å²) in [5.74, 6) is 0.677. The van der Waals surface area contributed by atoms with Gasteiger partial charge in [-0.15, -0.1) is 0 Å². The monoisotopic (exact) mass is 199 g/mol. The molecule has 1 aromatic carbocycles. The summed E-state index contributed by atoms with van der Waals surface area (Å²) in [4.78, 5) is 0. The minimum Gasteiger partial charge on any atom is -0.492 e. The van der Waals surface area contributed by atoms with Gasteiger partial charge in [0.25, 0.3) is 6.43 Å². The highest BCUT2D eigenvalue weighted by atomic mass is 19.3. The number of alkyl halides is 2. The Labute approximate surface area is 80.7 Å². The second-order valence-electron chi connectivity index (χ2n) is 3.44. The number of hydrogen-bond donors (Lipinski definition) is 1. The predicted octanol–water partition coefficient (Wildman–Crippen LogP) is 1.89. The summed E-state index contributed by atoms with van der Waals surface area (Å²) in [6, 6.07) is 4.36. The molecule has 0 unspecified atom stereocenters. The highest BCUT2D eigenvalue weighted by molar-refractivity contribution is 5.39. The van der Waals surface area contributed by atoms with Crippen LogP contribution in [-0.4, -0.2) is 12.6 Å². The maximum absolute atomic E-state index is 12.4. The van der Waals surface area contributed by atoms with Crippen molar-refractivity contribution in [3.8, 4) is 5.75 Å². The fourth-order valence-corrected chi connectivity index (χ4v) is 1.57. The number of hydrogen-bond acceptors (Lipinski definition) is 2. The van der Waals surface area contributed by atoms with Crippen LogP contribution in [0.5, 0.6) is 5.75 Å². The van der Waals surface area contributed by atoms with Crippen LogP contribution in [0.1, 0.15) is 17.6 Å². The van der Waals surface area contributed by atoms with E-state index >= 15 is 0 Å². The molecule has 0 saturated heterocycles. The summed E-state index contributed by atoms with van der Waals surface area (Å²) in [5, 5.41) is 0. The van der Waals surface area contributed by atoms with Crippen molar-refractivity contribution in [1.82, 2.24) is 0 Å². The number of rotatable bonds is 1. The Morgan fingerprint density at radius 2 is 2.21 bits per heavy atom. The van der Waals surface area contributed by atoms with Gasteiger partial charge >= 0.3 is 0 Å². The SMILES string of the molecule is N[C@H]1COc2ccc(C(F)F)cc2C1. The lowest BCUT2D eigenvalue weighted by Gasteiger charge is -2.22. The maximum Gasteiger partial charge on any atom is 0.263 e. The van der Waals surface area contributed by atoms with E-state index in [2.05, 4.69) is 0 Å². The third-order valence-electron chi connectivity index (χ3n) is 2.27. The van der Waals surface area contributed by atoms with Gasteiger partial charge in [-0.25, -0.2) is 8.78 Å². The Hall–Kier alpha value is -1.16. The number of halogens is 2. The van der Waals surface area contributed by atoms with Crippen molar-refractivity contribution in [3.05, 3.63) is 29.3 Å². The smallest absolute Gasteiger partial charge is 0.263 e. The van der Waals surface area contributed by atoms with Crippen molar-refractivity contribution in [2.45, 2.75) is 18.9 Å². The van der Waals surface area contributed by atoms with E-state index in [-0.39, 0.29) is 11.6 Å². The van der Waals surface area contributed by atoms with Crippen molar-refractivity contribution in [1.29, 1.82) is 0 Å². The first-order chi connectivity index (χ1) is 6.66. The first-order valence-electron chi connectivity index (χ1n) is 4.46. The molecule has 0 aliphatic carbocycles. The molecule has 0 fully saturated rings. The first-order valence-corrected chi connectivity index (χ1v) is 4.46. The van der Waals surface area contributed by atoms with Gasteiger partial charge < -0.3 is 10.5 Å². The van der Waals surface area contributed by atoms with Crippen LogP contribution in [0.25, 0.3) is 0 Å². The lowest BCUT2D eigenvalue weighted by Crippen LogP contribution is -2.33. The lowest BCUT2D eigenvalue weighted by atomic mass is 10.0. The molecule has 76 valence electrons. The predicted molar refractivity (Wildman–Crippen MR) is 48.6 cm³/mol. The Balaban J connectivity index is 2.33. The minimum absolute atomic E-state index is 0.0291. The highest BCUT2D eigenvalue weighted by Crippen LogP contribution is 2.29. The molecule has 2 nitrogen and oxygen atoms in total. The molecule has 2 rings (SSSR count). The summed E-state index contributed by atoms with van der Waals surface area (Å²) in [6.45, 7) is 0.459. The molecule has 0 spiro atoms. The molecule has 1 aromatic rings. The van der Waals surface area contributed by atoms with Crippen LogP contribution in [0.4, 0.5) is 8.78 Å². The standard InChI is InChI=1S/C10H11F2NO/c11-10(12)6-1-2-9-7(3-6)4-8(13)5-14-9/h1-3,8,10H,4-5,13H2/t8-/m1/s1. The normalized spacial score (nSPS) is 20.4. The minimum atomic E-state index is -2.43. The zero-order chi connectivity index (χ0) is 10.1. The lowest BCUT2D eigenvalue weighted by molar-refractivity contribution is 0.151. The number of nitrogens with two attached hydrogens (primary N) is 1. The summed E-state index contributed by atoms with van der Waals surface area (Å²) >= 11 is 0. The van der Waals surface area contributed by atoms with E-state index in [9.17, 15) is 8.78 Å². The van der Waals surface area contributed by atoms with E-state index < -0.39 is 6.43 Å². The Morgan fingerprint density at radius 3 is 2.93 bits per heavy atom. The van der Waals surface area contributed by atoms with E-state index in [1.54, 1.807) is 6.07 Å². The van der Waals surface area contributed by atoms with Crippen molar-refractivity contribution >= 4 is 0 Å². The molecule has 0 aromatic heterocycles. The average molecular weight is 199 g/mol. The topological polar surface area (TPSA) is 35.2 Å². The number of benzene rings is 1. The van der Waals surface area contributed by atoms with Crippen LogP contribution in [0.15, 0.2) is 18.2 Å². The van der Waals surface area contributed by atoms with Gasteiger partial charge in [0.05, 0.1) is 0 Å². The van der Waals surface area contributed by atoms with Gasteiger partial charge in [-0.2, -0.15) is 0 Å². The second-order valence-corrected chi connectivity index (χ2v) is 3.44. The van der Waals surface area contributed by atoms with Gasteiger partial charge in [0.1, 0.15) is 12.4 Å². The fraction of sp³-hybridized carbons (Fsp3) is 0.400. The van der Waals surface area contributed by atoms with Crippen LogP contribution in [0, 0.1) is 0 Å². The maximum atomic E-state index is 12.4. The first kappa shape index (κ1) is 9.40. The van der Waals surface area contributed by atoms with Crippen LogP contribution in [0.3, 0.4) is 0 Å². The highest BCUT2D eigenvalue weighted by Gasteiger charge is 2.18.